The second-order valence-electron chi connectivity index (χ2n) is 4.75. The summed E-state index contributed by atoms with van der Waals surface area (Å²) in [5, 5.41) is 6.52. The summed E-state index contributed by atoms with van der Waals surface area (Å²) in [7, 11) is 1.67. The summed E-state index contributed by atoms with van der Waals surface area (Å²) in [4.78, 5) is 16.6. The van der Waals surface area contributed by atoms with E-state index in [1.807, 2.05) is 19.9 Å². The molecule has 0 saturated heterocycles. The third-order valence-corrected chi connectivity index (χ3v) is 3.30. The van der Waals surface area contributed by atoms with Crippen LogP contribution in [0.3, 0.4) is 0 Å². The van der Waals surface area contributed by atoms with E-state index in [4.69, 9.17) is 4.74 Å². The number of ether oxygens (including phenoxy) is 1. The van der Waals surface area contributed by atoms with Gasteiger partial charge < -0.3 is 10.1 Å². The fourth-order valence-electron chi connectivity index (χ4n) is 2.33. The largest absolute Gasteiger partial charge is 0.385 e. The summed E-state index contributed by atoms with van der Waals surface area (Å²) >= 11 is 0. The molecule has 6 heteroatoms. The number of anilines is 1. The van der Waals surface area contributed by atoms with Crippen molar-refractivity contribution in [2.24, 2.45) is 4.99 Å². The Balaban J connectivity index is 2.33. The molecule has 2 rings (SSSR count). The zero-order chi connectivity index (χ0) is 14.5. The van der Waals surface area contributed by atoms with E-state index in [1.165, 1.54) is 0 Å². The Hall–Kier alpha value is -1.66. The van der Waals surface area contributed by atoms with Crippen molar-refractivity contribution in [3.63, 3.8) is 0 Å². The summed E-state index contributed by atoms with van der Waals surface area (Å²) in [6.07, 6.45) is 0.624. The van der Waals surface area contributed by atoms with E-state index in [2.05, 4.69) is 15.6 Å². The molecule has 20 heavy (non-hydrogen) atoms. The van der Waals surface area contributed by atoms with Gasteiger partial charge in [-0.2, -0.15) is 0 Å². The predicted octanol–water partition coefficient (Wildman–Crippen LogP) is 1.01. The molecule has 1 aliphatic rings. The molecule has 0 bridgehead atoms. The standard InChI is InChI=1S/C14H22N4O2/c1-4-15-14-16-10(2)11-6-7-12(19)18(13(11)17-14)8-5-9-20-3/h6-7,14-15,17H,4-5,8-9H2,1-3H3. The van der Waals surface area contributed by atoms with Crippen molar-refractivity contribution in [3.8, 4) is 0 Å². The van der Waals surface area contributed by atoms with E-state index in [0.29, 0.717) is 13.2 Å². The average Bonchev–Trinajstić information content (AvgIpc) is 2.42. The molecule has 0 aliphatic carbocycles. The van der Waals surface area contributed by atoms with Gasteiger partial charge in [-0.25, -0.2) is 4.99 Å². The molecule has 1 aromatic rings. The summed E-state index contributed by atoms with van der Waals surface area (Å²) in [5.41, 5.74) is 1.92. The Labute approximate surface area is 118 Å². The first-order valence-electron chi connectivity index (χ1n) is 6.94. The molecule has 6 nitrogen and oxygen atoms in total. The average molecular weight is 278 g/mol. The molecule has 0 amide bonds. The van der Waals surface area contributed by atoms with Gasteiger partial charge in [-0.05, 0) is 26.0 Å². The van der Waals surface area contributed by atoms with E-state index in [-0.39, 0.29) is 11.8 Å². The number of rotatable bonds is 6. The van der Waals surface area contributed by atoms with Gasteiger partial charge >= 0.3 is 0 Å². The van der Waals surface area contributed by atoms with Crippen LogP contribution in [0, 0.1) is 0 Å². The van der Waals surface area contributed by atoms with Crippen LogP contribution in [0.4, 0.5) is 5.82 Å². The summed E-state index contributed by atoms with van der Waals surface area (Å²) in [5.74, 6) is 0.840. The predicted molar refractivity (Wildman–Crippen MR) is 80.5 cm³/mol. The lowest BCUT2D eigenvalue weighted by Gasteiger charge is -2.27. The van der Waals surface area contributed by atoms with Crippen LogP contribution < -0.4 is 16.2 Å². The van der Waals surface area contributed by atoms with E-state index < -0.39 is 0 Å². The number of nitrogens with zero attached hydrogens (tertiary/aromatic N) is 2. The first-order chi connectivity index (χ1) is 9.67. The van der Waals surface area contributed by atoms with Crippen LogP contribution in [0.1, 0.15) is 25.8 Å². The molecule has 1 atom stereocenters. The number of aromatic nitrogens is 1. The minimum absolute atomic E-state index is 0.00250. The molecule has 0 saturated carbocycles. The van der Waals surface area contributed by atoms with E-state index in [0.717, 1.165) is 30.1 Å². The van der Waals surface area contributed by atoms with Crippen LogP contribution in [0.15, 0.2) is 21.9 Å². The highest BCUT2D eigenvalue weighted by Gasteiger charge is 2.20. The van der Waals surface area contributed by atoms with Crippen LogP contribution in [-0.4, -0.2) is 36.8 Å². The zero-order valence-corrected chi connectivity index (χ0v) is 12.3. The van der Waals surface area contributed by atoms with Gasteiger partial charge in [-0.15, -0.1) is 0 Å². The smallest absolute Gasteiger partial charge is 0.252 e. The summed E-state index contributed by atoms with van der Waals surface area (Å²) in [6, 6.07) is 3.43. The van der Waals surface area contributed by atoms with Gasteiger partial charge in [0.1, 0.15) is 5.82 Å². The third kappa shape index (κ3) is 3.08. The summed E-state index contributed by atoms with van der Waals surface area (Å²) < 4.78 is 6.82. The minimum Gasteiger partial charge on any atom is -0.385 e. The van der Waals surface area contributed by atoms with Crippen LogP contribution in [0.5, 0.6) is 0 Å². The zero-order valence-electron chi connectivity index (χ0n) is 12.3. The highest BCUT2D eigenvalue weighted by molar-refractivity contribution is 6.04. The van der Waals surface area contributed by atoms with Gasteiger partial charge in [-0.3, -0.25) is 14.7 Å². The molecule has 0 aromatic carbocycles. The normalized spacial score (nSPS) is 17.4. The Bertz CT molecular complexity index is 551. The fourth-order valence-corrected chi connectivity index (χ4v) is 2.33. The van der Waals surface area contributed by atoms with Crippen LogP contribution in [-0.2, 0) is 11.3 Å². The quantitative estimate of drug-likeness (QED) is 0.762. The van der Waals surface area contributed by atoms with Crippen molar-refractivity contribution in [3.05, 3.63) is 28.0 Å². The van der Waals surface area contributed by atoms with Crippen LogP contribution >= 0.6 is 0 Å². The van der Waals surface area contributed by atoms with E-state index in [9.17, 15) is 4.79 Å². The van der Waals surface area contributed by atoms with Gasteiger partial charge in [0, 0.05) is 37.6 Å². The molecule has 1 aromatic heterocycles. The van der Waals surface area contributed by atoms with Gasteiger partial charge in [0.15, 0.2) is 6.29 Å². The fraction of sp³-hybridized carbons (Fsp3) is 0.571. The van der Waals surface area contributed by atoms with Crippen molar-refractivity contribution in [1.82, 2.24) is 9.88 Å². The second kappa shape index (κ2) is 6.67. The molecule has 0 fully saturated rings. The summed E-state index contributed by atoms with van der Waals surface area (Å²) in [6.45, 7) is 6.08. The highest BCUT2D eigenvalue weighted by atomic mass is 16.5. The number of methoxy groups -OCH3 is 1. The lowest BCUT2D eigenvalue weighted by molar-refractivity contribution is 0.190. The number of aliphatic imine (C=N–C) groups is 1. The maximum absolute atomic E-state index is 12.1. The first kappa shape index (κ1) is 14.7. The lowest BCUT2D eigenvalue weighted by Crippen LogP contribution is -2.41. The van der Waals surface area contributed by atoms with Crippen molar-refractivity contribution < 1.29 is 4.74 Å². The molecule has 110 valence electrons. The molecular formula is C14H22N4O2. The second-order valence-corrected chi connectivity index (χ2v) is 4.75. The number of pyridine rings is 1. The Morgan fingerprint density at radius 1 is 1.50 bits per heavy atom. The van der Waals surface area contributed by atoms with Gasteiger partial charge in [0.2, 0.25) is 0 Å². The number of fused-ring (bicyclic) bond motifs is 1. The number of hydrogen-bond acceptors (Lipinski definition) is 5. The SMILES string of the molecule is CCNC1N=C(C)c2ccc(=O)n(CCCOC)c2N1. The topological polar surface area (TPSA) is 67.7 Å². The van der Waals surface area contributed by atoms with Crippen molar-refractivity contribution in [1.29, 1.82) is 0 Å². The molecule has 1 aliphatic heterocycles. The monoisotopic (exact) mass is 278 g/mol. The highest BCUT2D eigenvalue weighted by Crippen LogP contribution is 2.20. The van der Waals surface area contributed by atoms with E-state index in [1.54, 1.807) is 17.7 Å². The van der Waals surface area contributed by atoms with Gasteiger partial charge in [-0.1, -0.05) is 6.92 Å². The maximum Gasteiger partial charge on any atom is 0.252 e. The molecular weight excluding hydrogens is 256 g/mol. The Morgan fingerprint density at radius 3 is 3.00 bits per heavy atom. The van der Waals surface area contributed by atoms with Crippen molar-refractivity contribution in [2.45, 2.75) is 33.1 Å². The Morgan fingerprint density at radius 2 is 2.30 bits per heavy atom. The molecule has 2 heterocycles. The van der Waals surface area contributed by atoms with Crippen LogP contribution in [0.25, 0.3) is 0 Å². The molecule has 2 N–H and O–H groups in total. The number of nitrogens with one attached hydrogen (secondary N) is 2. The lowest BCUT2D eigenvalue weighted by atomic mass is 10.1. The van der Waals surface area contributed by atoms with E-state index >= 15 is 0 Å². The van der Waals surface area contributed by atoms with Crippen molar-refractivity contribution in [2.75, 3.05) is 25.6 Å². The molecule has 1 unspecified atom stereocenters. The molecule has 0 radical (unpaired) electrons. The Kier molecular flexibility index (Phi) is 4.92. The molecule has 0 spiro atoms. The third-order valence-electron chi connectivity index (χ3n) is 3.30. The van der Waals surface area contributed by atoms with Crippen LogP contribution in [0.2, 0.25) is 0 Å². The minimum atomic E-state index is -0.178. The first-order valence-corrected chi connectivity index (χ1v) is 6.94. The van der Waals surface area contributed by atoms with Gasteiger partial charge in [0.05, 0.1) is 0 Å². The van der Waals surface area contributed by atoms with Gasteiger partial charge in [0.25, 0.3) is 5.56 Å². The van der Waals surface area contributed by atoms with Crippen molar-refractivity contribution >= 4 is 11.5 Å². The number of hydrogen-bond donors (Lipinski definition) is 2. The maximum atomic E-state index is 12.1.